The Morgan fingerprint density at radius 1 is 0.895 bits per heavy atom. The summed E-state index contributed by atoms with van der Waals surface area (Å²) in [6, 6.07) is 17.7. The first-order valence-corrected chi connectivity index (χ1v) is 6.47. The topological polar surface area (TPSA) is 27.7 Å². The Bertz CT molecular complexity index is 539. The van der Waals surface area contributed by atoms with Gasteiger partial charge in [0, 0.05) is 6.61 Å². The second kappa shape index (κ2) is 5.33. The summed E-state index contributed by atoms with van der Waals surface area (Å²) in [4.78, 5) is 0. The molecule has 0 aromatic heterocycles. The maximum Gasteiger partial charge on any atom is 0.241 e. The van der Waals surface area contributed by atoms with E-state index in [-0.39, 0.29) is 6.10 Å². The first-order chi connectivity index (χ1) is 9.38. The van der Waals surface area contributed by atoms with Crippen LogP contribution in [0, 0.1) is 0 Å². The van der Waals surface area contributed by atoms with E-state index >= 15 is 0 Å². The number of fused-ring (bicyclic) bond motifs is 1. The van der Waals surface area contributed by atoms with Crippen LogP contribution >= 0.6 is 0 Å². The van der Waals surface area contributed by atoms with Crippen LogP contribution in [0.3, 0.4) is 0 Å². The van der Waals surface area contributed by atoms with Crippen LogP contribution in [-0.2, 0) is 4.74 Å². The largest absolute Gasteiger partial charge is 0.475 e. The molecule has 0 bridgehead atoms. The van der Waals surface area contributed by atoms with Crippen molar-refractivity contribution in [1.29, 1.82) is 0 Å². The third-order valence-electron chi connectivity index (χ3n) is 3.05. The molecule has 0 spiro atoms. The minimum absolute atomic E-state index is 0.240. The van der Waals surface area contributed by atoms with Crippen LogP contribution < -0.4 is 9.47 Å². The predicted molar refractivity (Wildman–Crippen MR) is 72.3 cm³/mol. The summed E-state index contributed by atoms with van der Waals surface area (Å²) in [6.45, 7) is 2.53. The molecule has 1 heterocycles. The molecule has 0 radical (unpaired) electrons. The number of rotatable bonds is 3. The average molecular weight is 256 g/mol. The summed E-state index contributed by atoms with van der Waals surface area (Å²) in [5, 5.41) is 0. The number of benzene rings is 2. The molecule has 0 unspecified atom stereocenters. The molecule has 0 N–H and O–H groups in total. The average Bonchev–Trinajstić information content (AvgIpc) is 2.48. The fourth-order valence-corrected chi connectivity index (χ4v) is 2.18. The Labute approximate surface area is 112 Å². The maximum absolute atomic E-state index is 6.03. The van der Waals surface area contributed by atoms with Gasteiger partial charge in [0.1, 0.15) is 0 Å². The molecule has 0 saturated carbocycles. The molecular weight excluding hydrogens is 240 g/mol. The van der Waals surface area contributed by atoms with Crippen molar-refractivity contribution in [3.63, 3.8) is 0 Å². The Hall–Kier alpha value is -2.00. The van der Waals surface area contributed by atoms with Gasteiger partial charge in [-0.3, -0.25) is 0 Å². The molecular formula is C16H16O3. The highest BCUT2D eigenvalue weighted by molar-refractivity contribution is 5.41. The Morgan fingerprint density at radius 3 is 2.21 bits per heavy atom. The molecule has 98 valence electrons. The third kappa shape index (κ3) is 2.42. The van der Waals surface area contributed by atoms with E-state index in [9.17, 15) is 0 Å². The predicted octanol–water partition coefficient (Wildman–Crippen LogP) is 3.56. The van der Waals surface area contributed by atoms with Gasteiger partial charge < -0.3 is 14.2 Å². The zero-order valence-corrected chi connectivity index (χ0v) is 10.8. The normalized spacial score (nSPS) is 21.1. The van der Waals surface area contributed by atoms with Crippen LogP contribution in [0.25, 0.3) is 0 Å². The van der Waals surface area contributed by atoms with Gasteiger partial charge in [0.05, 0.1) is 0 Å². The van der Waals surface area contributed by atoms with E-state index in [4.69, 9.17) is 14.2 Å². The second-order valence-corrected chi connectivity index (χ2v) is 4.34. The zero-order valence-electron chi connectivity index (χ0n) is 10.8. The van der Waals surface area contributed by atoms with E-state index in [2.05, 4.69) is 0 Å². The molecule has 3 nitrogen and oxygen atoms in total. The molecule has 3 heteroatoms. The highest BCUT2D eigenvalue weighted by Gasteiger charge is 2.33. The molecule has 2 aromatic rings. The molecule has 19 heavy (non-hydrogen) atoms. The molecule has 2 atom stereocenters. The summed E-state index contributed by atoms with van der Waals surface area (Å²) in [5.74, 6) is 1.49. The van der Waals surface area contributed by atoms with E-state index < -0.39 is 6.29 Å². The van der Waals surface area contributed by atoms with Gasteiger partial charge >= 0.3 is 0 Å². The molecule has 3 rings (SSSR count). The first-order valence-electron chi connectivity index (χ1n) is 6.47. The van der Waals surface area contributed by atoms with E-state index in [0.717, 1.165) is 17.1 Å². The van der Waals surface area contributed by atoms with Crippen molar-refractivity contribution in [3.8, 4) is 11.5 Å². The van der Waals surface area contributed by atoms with Gasteiger partial charge in [-0.25, -0.2) is 0 Å². The number of hydrogen-bond acceptors (Lipinski definition) is 3. The summed E-state index contributed by atoms with van der Waals surface area (Å²) in [6.07, 6.45) is -0.654. The maximum atomic E-state index is 6.03. The van der Waals surface area contributed by atoms with Crippen molar-refractivity contribution in [2.75, 3.05) is 6.61 Å². The fraction of sp³-hybridized carbons (Fsp3) is 0.250. The lowest BCUT2D eigenvalue weighted by Crippen LogP contribution is -2.35. The second-order valence-electron chi connectivity index (χ2n) is 4.34. The van der Waals surface area contributed by atoms with Crippen LogP contribution in [0.4, 0.5) is 0 Å². The Morgan fingerprint density at radius 2 is 1.53 bits per heavy atom. The molecule has 1 aliphatic rings. The molecule has 0 saturated heterocycles. The third-order valence-corrected chi connectivity index (χ3v) is 3.05. The monoisotopic (exact) mass is 256 g/mol. The van der Waals surface area contributed by atoms with E-state index in [1.54, 1.807) is 0 Å². The lowest BCUT2D eigenvalue weighted by molar-refractivity contribution is -0.152. The van der Waals surface area contributed by atoms with Gasteiger partial charge in [-0.2, -0.15) is 0 Å². The minimum Gasteiger partial charge on any atom is -0.475 e. The fourth-order valence-electron chi connectivity index (χ4n) is 2.18. The van der Waals surface area contributed by atoms with E-state index in [0.29, 0.717) is 6.61 Å². The highest BCUT2D eigenvalue weighted by atomic mass is 16.7. The van der Waals surface area contributed by atoms with Gasteiger partial charge in [0.25, 0.3) is 0 Å². The van der Waals surface area contributed by atoms with Gasteiger partial charge in [-0.05, 0) is 24.6 Å². The van der Waals surface area contributed by atoms with Crippen molar-refractivity contribution < 1.29 is 14.2 Å². The van der Waals surface area contributed by atoms with Crippen LogP contribution in [0.5, 0.6) is 11.5 Å². The smallest absolute Gasteiger partial charge is 0.241 e. The van der Waals surface area contributed by atoms with E-state index in [1.807, 2.05) is 61.5 Å². The summed E-state index contributed by atoms with van der Waals surface area (Å²) in [7, 11) is 0. The van der Waals surface area contributed by atoms with E-state index in [1.165, 1.54) is 0 Å². The van der Waals surface area contributed by atoms with Gasteiger partial charge in [-0.1, -0.05) is 42.5 Å². The molecule has 1 aliphatic heterocycles. The zero-order chi connectivity index (χ0) is 13.1. The number of ether oxygens (including phenoxy) is 3. The van der Waals surface area contributed by atoms with Crippen LogP contribution in [0.1, 0.15) is 18.6 Å². The Kier molecular flexibility index (Phi) is 3.38. The minimum atomic E-state index is -0.415. The summed E-state index contributed by atoms with van der Waals surface area (Å²) >= 11 is 0. The number of para-hydroxylation sites is 2. The van der Waals surface area contributed by atoms with Crippen LogP contribution in [0.2, 0.25) is 0 Å². The summed E-state index contributed by atoms with van der Waals surface area (Å²) < 4.78 is 17.6. The van der Waals surface area contributed by atoms with Crippen molar-refractivity contribution in [2.45, 2.75) is 19.3 Å². The lowest BCUT2D eigenvalue weighted by Gasteiger charge is -2.33. The van der Waals surface area contributed by atoms with Gasteiger partial charge in [0.2, 0.25) is 6.29 Å². The molecule has 0 aliphatic carbocycles. The van der Waals surface area contributed by atoms with Crippen molar-refractivity contribution in [3.05, 3.63) is 60.2 Å². The summed E-state index contributed by atoms with van der Waals surface area (Å²) in [5.41, 5.74) is 1.05. The molecule has 0 fully saturated rings. The first kappa shape index (κ1) is 12.1. The lowest BCUT2D eigenvalue weighted by atomic mass is 10.1. The number of hydrogen-bond donors (Lipinski definition) is 0. The van der Waals surface area contributed by atoms with Crippen LogP contribution in [0.15, 0.2) is 54.6 Å². The Balaban J connectivity index is 1.94. The highest BCUT2D eigenvalue weighted by Crippen LogP contribution is 2.39. The molecule has 2 aromatic carbocycles. The van der Waals surface area contributed by atoms with Gasteiger partial charge in [-0.15, -0.1) is 0 Å². The standard InChI is InChI=1S/C16H16O3/c1-2-17-16-15(12-8-4-3-5-9-12)18-13-10-6-7-11-14(13)19-16/h3-11,15-16H,2H2,1H3/t15-,16+/m0/s1. The van der Waals surface area contributed by atoms with Crippen molar-refractivity contribution in [2.24, 2.45) is 0 Å². The van der Waals surface area contributed by atoms with Crippen molar-refractivity contribution >= 4 is 0 Å². The van der Waals surface area contributed by atoms with Gasteiger partial charge in [0.15, 0.2) is 17.6 Å². The quantitative estimate of drug-likeness (QED) is 0.840. The molecule has 0 amide bonds. The van der Waals surface area contributed by atoms with Crippen molar-refractivity contribution in [1.82, 2.24) is 0 Å². The SMILES string of the molecule is CCO[C@@H]1Oc2ccccc2O[C@H]1c1ccccc1. The van der Waals surface area contributed by atoms with Crippen LogP contribution in [-0.4, -0.2) is 12.9 Å².